The van der Waals surface area contributed by atoms with E-state index in [9.17, 15) is 9.90 Å². The molecule has 0 aromatic rings. The molecule has 0 saturated heterocycles. The fourth-order valence-electron chi connectivity index (χ4n) is 1.21. The number of carbonyl (C=O) groups excluding carboxylic acids is 1. The van der Waals surface area contributed by atoms with E-state index in [2.05, 4.69) is 13.5 Å². The van der Waals surface area contributed by atoms with E-state index < -0.39 is 5.44 Å². The van der Waals surface area contributed by atoms with E-state index in [1.807, 2.05) is 0 Å². The molecule has 0 amide bonds. The predicted octanol–water partition coefficient (Wildman–Crippen LogP) is 3.50. The summed E-state index contributed by atoms with van der Waals surface area (Å²) < 4.78 is 0. The molecule has 0 saturated carbocycles. The van der Waals surface area contributed by atoms with Crippen molar-refractivity contribution in [3.05, 3.63) is 12.2 Å². The molecule has 1 atom stereocenters. The highest BCUT2D eigenvalue weighted by atomic mass is 32.2. The maximum atomic E-state index is 11.2. The lowest BCUT2D eigenvalue weighted by Crippen LogP contribution is -2.06. The van der Waals surface area contributed by atoms with E-state index in [0.29, 0.717) is 12.0 Å². The standard InChI is InChI=1S/C12H22O2S/c1-4-5-6-7-8-9-11(13)15-12(14)10(2)3/h11,13H,2,4-9H2,1,3H3. The van der Waals surface area contributed by atoms with E-state index in [4.69, 9.17) is 0 Å². The lowest BCUT2D eigenvalue weighted by Gasteiger charge is -2.08. The van der Waals surface area contributed by atoms with Gasteiger partial charge in [0.2, 0.25) is 5.12 Å². The van der Waals surface area contributed by atoms with Crippen LogP contribution in [0.3, 0.4) is 0 Å². The van der Waals surface area contributed by atoms with Crippen molar-refractivity contribution in [3.8, 4) is 0 Å². The van der Waals surface area contributed by atoms with Gasteiger partial charge in [0.15, 0.2) is 0 Å². The van der Waals surface area contributed by atoms with Crippen molar-refractivity contribution in [1.29, 1.82) is 0 Å². The Bertz CT molecular complexity index is 202. The number of hydrogen-bond donors (Lipinski definition) is 1. The lowest BCUT2D eigenvalue weighted by molar-refractivity contribution is -0.107. The monoisotopic (exact) mass is 230 g/mol. The number of rotatable bonds is 8. The first kappa shape index (κ1) is 14.7. The quantitative estimate of drug-likeness (QED) is 0.394. The molecular weight excluding hydrogens is 208 g/mol. The highest BCUT2D eigenvalue weighted by Gasteiger charge is 2.11. The van der Waals surface area contributed by atoms with Crippen LogP contribution in [0.5, 0.6) is 0 Å². The van der Waals surface area contributed by atoms with E-state index in [1.54, 1.807) is 6.92 Å². The van der Waals surface area contributed by atoms with Gasteiger partial charge in [-0.05, 0) is 25.3 Å². The Hall–Kier alpha value is -0.280. The third-order valence-electron chi connectivity index (χ3n) is 2.15. The van der Waals surface area contributed by atoms with Gasteiger partial charge in [0.25, 0.3) is 0 Å². The highest BCUT2D eigenvalue weighted by Crippen LogP contribution is 2.19. The molecule has 0 radical (unpaired) electrons. The number of carbonyl (C=O) groups is 1. The Labute approximate surface area is 97.1 Å². The van der Waals surface area contributed by atoms with Gasteiger partial charge >= 0.3 is 0 Å². The number of hydrogen-bond acceptors (Lipinski definition) is 3. The van der Waals surface area contributed by atoms with Crippen LogP contribution in [0.15, 0.2) is 12.2 Å². The second-order valence-electron chi connectivity index (χ2n) is 3.84. The highest BCUT2D eigenvalue weighted by molar-refractivity contribution is 8.14. The second kappa shape index (κ2) is 8.98. The first-order valence-electron chi connectivity index (χ1n) is 5.62. The molecule has 0 aliphatic heterocycles. The fraction of sp³-hybridized carbons (Fsp3) is 0.750. The summed E-state index contributed by atoms with van der Waals surface area (Å²) in [5.74, 6) is 0. The Morgan fingerprint density at radius 2 is 1.93 bits per heavy atom. The first-order valence-corrected chi connectivity index (χ1v) is 6.50. The van der Waals surface area contributed by atoms with E-state index in [1.165, 1.54) is 19.3 Å². The molecule has 3 heteroatoms. The van der Waals surface area contributed by atoms with Gasteiger partial charge in [-0.25, -0.2) is 0 Å². The van der Waals surface area contributed by atoms with Crippen LogP contribution in [0.4, 0.5) is 0 Å². The molecule has 1 unspecified atom stereocenters. The van der Waals surface area contributed by atoms with Crippen LogP contribution in [0.2, 0.25) is 0 Å². The Morgan fingerprint density at radius 1 is 1.33 bits per heavy atom. The van der Waals surface area contributed by atoms with Crippen LogP contribution in [0, 0.1) is 0 Å². The molecule has 15 heavy (non-hydrogen) atoms. The maximum absolute atomic E-state index is 11.2. The summed E-state index contributed by atoms with van der Waals surface area (Å²) in [7, 11) is 0. The molecule has 0 spiro atoms. The van der Waals surface area contributed by atoms with Crippen molar-refractivity contribution < 1.29 is 9.90 Å². The third kappa shape index (κ3) is 8.70. The molecule has 0 bridgehead atoms. The van der Waals surface area contributed by atoms with Crippen molar-refractivity contribution in [3.63, 3.8) is 0 Å². The van der Waals surface area contributed by atoms with Gasteiger partial charge < -0.3 is 5.11 Å². The number of aliphatic hydroxyl groups is 1. The average Bonchev–Trinajstić information content (AvgIpc) is 2.17. The third-order valence-corrected chi connectivity index (χ3v) is 3.22. The van der Waals surface area contributed by atoms with Crippen LogP contribution in [0.1, 0.15) is 52.4 Å². The van der Waals surface area contributed by atoms with Gasteiger partial charge in [0.05, 0.1) is 0 Å². The summed E-state index contributed by atoms with van der Waals surface area (Å²) >= 11 is 0.989. The SMILES string of the molecule is C=C(C)C(=O)SC(O)CCCCCCC. The molecule has 2 nitrogen and oxygen atoms in total. The summed E-state index contributed by atoms with van der Waals surface area (Å²) in [6, 6.07) is 0. The summed E-state index contributed by atoms with van der Waals surface area (Å²) in [5, 5.41) is 9.43. The Morgan fingerprint density at radius 3 is 2.47 bits per heavy atom. The molecule has 0 fully saturated rings. The maximum Gasteiger partial charge on any atom is 0.216 e. The van der Waals surface area contributed by atoms with Gasteiger partial charge in [0.1, 0.15) is 5.44 Å². The van der Waals surface area contributed by atoms with Gasteiger partial charge in [-0.15, -0.1) is 0 Å². The first-order chi connectivity index (χ1) is 7.07. The summed E-state index contributed by atoms with van der Waals surface area (Å²) in [6.45, 7) is 7.39. The average molecular weight is 230 g/mol. The molecule has 0 aromatic carbocycles. The van der Waals surface area contributed by atoms with Crippen LogP contribution in [0.25, 0.3) is 0 Å². The van der Waals surface area contributed by atoms with E-state index >= 15 is 0 Å². The van der Waals surface area contributed by atoms with Crippen molar-refractivity contribution in [1.82, 2.24) is 0 Å². The predicted molar refractivity (Wildman–Crippen MR) is 66.8 cm³/mol. The van der Waals surface area contributed by atoms with Crippen molar-refractivity contribution >= 4 is 16.9 Å². The molecule has 88 valence electrons. The summed E-state index contributed by atoms with van der Waals surface area (Å²) in [6.07, 6.45) is 6.56. The number of unbranched alkanes of at least 4 members (excludes halogenated alkanes) is 4. The van der Waals surface area contributed by atoms with Gasteiger partial charge in [-0.2, -0.15) is 0 Å². The second-order valence-corrected chi connectivity index (χ2v) is 4.99. The summed E-state index contributed by atoms with van der Waals surface area (Å²) in [5.41, 5.74) is -0.0548. The minimum Gasteiger partial charge on any atom is -0.382 e. The smallest absolute Gasteiger partial charge is 0.216 e. The molecule has 0 aliphatic carbocycles. The molecule has 0 aliphatic rings. The largest absolute Gasteiger partial charge is 0.382 e. The molecule has 0 aromatic heterocycles. The fourth-order valence-corrected chi connectivity index (χ4v) is 1.94. The van der Waals surface area contributed by atoms with Crippen LogP contribution < -0.4 is 0 Å². The zero-order valence-corrected chi connectivity index (χ0v) is 10.6. The van der Waals surface area contributed by atoms with Crippen molar-refractivity contribution in [2.24, 2.45) is 0 Å². The molecular formula is C12H22O2S. The van der Waals surface area contributed by atoms with Gasteiger partial charge in [-0.1, -0.05) is 50.9 Å². The van der Waals surface area contributed by atoms with Crippen molar-refractivity contribution in [2.45, 2.75) is 57.8 Å². The molecule has 1 N–H and O–H groups in total. The van der Waals surface area contributed by atoms with Crippen LogP contribution in [-0.4, -0.2) is 15.7 Å². The van der Waals surface area contributed by atoms with E-state index in [-0.39, 0.29) is 5.12 Å². The number of aliphatic hydroxyl groups excluding tert-OH is 1. The Balaban J connectivity index is 3.45. The molecule has 0 heterocycles. The zero-order chi connectivity index (χ0) is 11.7. The topological polar surface area (TPSA) is 37.3 Å². The summed E-state index contributed by atoms with van der Waals surface area (Å²) in [4.78, 5) is 11.2. The van der Waals surface area contributed by atoms with Crippen LogP contribution in [-0.2, 0) is 4.79 Å². The van der Waals surface area contributed by atoms with Gasteiger partial charge in [-0.3, -0.25) is 4.79 Å². The number of thioether (sulfide) groups is 1. The van der Waals surface area contributed by atoms with Gasteiger partial charge in [0, 0.05) is 0 Å². The van der Waals surface area contributed by atoms with Crippen LogP contribution >= 0.6 is 11.8 Å². The zero-order valence-electron chi connectivity index (χ0n) is 9.79. The Kier molecular flexibility index (Phi) is 8.82. The minimum atomic E-state index is -0.559. The van der Waals surface area contributed by atoms with Crippen molar-refractivity contribution in [2.75, 3.05) is 0 Å². The normalized spacial score (nSPS) is 12.5. The van der Waals surface area contributed by atoms with E-state index in [0.717, 1.165) is 24.6 Å². The lowest BCUT2D eigenvalue weighted by atomic mass is 10.1. The minimum absolute atomic E-state index is 0.101. The molecule has 0 rings (SSSR count).